The average molecular weight is 497 g/mol. The zero-order valence-electron chi connectivity index (χ0n) is 21.6. The lowest BCUT2D eigenvalue weighted by molar-refractivity contribution is 0.0685. The quantitative estimate of drug-likeness (QED) is 0.246. The van der Waals surface area contributed by atoms with Gasteiger partial charge in [0.25, 0.3) is 0 Å². The van der Waals surface area contributed by atoms with Gasteiger partial charge in [0.05, 0.1) is 0 Å². The van der Waals surface area contributed by atoms with E-state index in [0.29, 0.717) is 51.7 Å². The fraction of sp³-hybridized carbons (Fsp3) is 0.952. The Morgan fingerprint density at radius 2 is 0.812 bits per heavy atom. The fourth-order valence-corrected chi connectivity index (χ4v) is 9.37. The van der Waals surface area contributed by atoms with E-state index in [1.165, 1.54) is 0 Å². The Labute approximate surface area is 197 Å². The van der Waals surface area contributed by atoms with Crippen molar-refractivity contribution in [1.82, 2.24) is 10.6 Å². The Morgan fingerprint density at radius 3 is 1.00 bits per heavy atom. The molecule has 0 saturated heterocycles. The SMILES string of the molecule is CCO[Si](CC(CC)NC(=O)NC(CC)C[Si](OCC)(OCC)OCC)(OCC)OCC. The monoisotopic (exact) mass is 496 g/mol. The van der Waals surface area contributed by atoms with E-state index in [4.69, 9.17) is 26.6 Å². The Morgan fingerprint density at radius 1 is 0.562 bits per heavy atom. The zero-order chi connectivity index (χ0) is 24.5. The van der Waals surface area contributed by atoms with Gasteiger partial charge in [-0.05, 0) is 54.4 Å². The van der Waals surface area contributed by atoms with Crippen molar-refractivity contribution in [2.24, 2.45) is 0 Å². The molecule has 0 aliphatic heterocycles. The highest BCUT2D eigenvalue weighted by Crippen LogP contribution is 2.21. The molecule has 2 amide bonds. The van der Waals surface area contributed by atoms with Crippen molar-refractivity contribution >= 4 is 23.6 Å². The van der Waals surface area contributed by atoms with Gasteiger partial charge in [-0.15, -0.1) is 0 Å². The highest BCUT2D eigenvalue weighted by atomic mass is 28.4. The molecule has 9 nitrogen and oxygen atoms in total. The predicted molar refractivity (Wildman–Crippen MR) is 131 cm³/mol. The largest absolute Gasteiger partial charge is 0.503 e. The second-order valence-corrected chi connectivity index (χ2v) is 12.5. The molecule has 0 aromatic rings. The summed E-state index contributed by atoms with van der Waals surface area (Å²) in [5, 5.41) is 6.16. The standard InChI is InChI=1S/C21H48N2O7Si2/c1-9-19(17-31(25-11-3,26-12-4)27-13-5)22-21(24)23-20(10-2)18-32(28-14-6,29-15-7)30-16-8/h19-20H,9-18H2,1-8H3,(H2,22,23,24). The van der Waals surface area contributed by atoms with Crippen molar-refractivity contribution in [2.45, 2.75) is 92.4 Å². The lowest BCUT2D eigenvalue weighted by Gasteiger charge is -2.33. The van der Waals surface area contributed by atoms with Crippen LogP contribution in [0, 0.1) is 0 Å². The second-order valence-electron chi connectivity index (χ2n) is 7.20. The van der Waals surface area contributed by atoms with Crippen LogP contribution in [0.5, 0.6) is 0 Å². The summed E-state index contributed by atoms with van der Waals surface area (Å²) in [7, 11) is -5.72. The maximum absolute atomic E-state index is 12.9. The second kappa shape index (κ2) is 17.9. The molecular formula is C21H48N2O7Si2. The molecule has 2 N–H and O–H groups in total. The van der Waals surface area contributed by atoms with Gasteiger partial charge < -0.3 is 37.2 Å². The topological polar surface area (TPSA) is 96.5 Å². The van der Waals surface area contributed by atoms with Crippen LogP contribution in [-0.4, -0.2) is 75.4 Å². The first-order chi connectivity index (χ1) is 15.3. The molecule has 2 unspecified atom stereocenters. The van der Waals surface area contributed by atoms with Crippen molar-refractivity contribution < 1.29 is 31.4 Å². The third kappa shape index (κ3) is 11.5. The molecule has 192 valence electrons. The average Bonchev–Trinajstić information content (AvgIpc) is 2.74. The van der Waals surface area contributed by atoms with Crippen LogP contribution in [0.1, 0.15) is 68.2 Å². The van der Waals surface area contributed by atoms with Crippen molar-refractivity contribution in [2.75, 3.05) is 39.6 Å². The first-order valence-corrected chi connectivity index (χ1v) is 16.1. The lowest BCUT2D eigenvalue weighted by atomic mass is 10.2. The Hall–Kier alpha value is -0.536. The van der Waals surface area contributed by atoms with Crippen molar-refractivity contribution in [3.8, 4) is 0 Å². The highest BCUT2D eigenvalue weighted by molar-refractivity contribution is 6.61. The van der Waals surface area contributed by atoms with Crippen LogP contribution < -0.4 is 10.6 Å². The third-order valence-corrected chi connectivity index (χ3v) is 11.2. The van der Waals surface area contributed by atoms with Crippen LogP contribution >= 0.6 is 0 Å². The number of carbonyl (C=O) groups excluding carboxylic acids is 1. The molecule has 0 fully saturated rings. The highest BCUT2D eigenvalue weighted by Gasteiger charge is 2.44. The van der Waals surface area contributed by atoms with Gasteiger partial charge >= 0.3 is 23.6 Å². The number of hydrogen-bond donors (Lipinski definition) is 2. The Bertz CT molecular complexity index is 415. The van der Waals surface area contributed by atoms with E-state index in [1.54, 1.807) is 0 Å². The van der Waals surface area contributed by atoms with E-state index >= 15 is 0 Å². The summed E-state index contributed by atoms with van der Waals surface area (Å²) >= 11 is 0. The van der Waals surface area contributed by atoms with Crippen LogP contribution in [-0.2, 0) is 26.6 Å². The third-order valence-electron chi connectivity index (χ3n) is 4.83. The molecule has 0 aliphatic carbocycles. The molecule has 0 rings (SSSR count). The molecule has 0 aromatic heterocycles. The first kappa shape index (κ1) is 31.5. The summed E-state index contributed by atoms with van der Waals surface area (Å²) in [6.07, 6.45) is 1.48. The van der Waals surface area contributed by atoms with Crippen LogP contribution in [0.3, 0.4) is 0 Å². The van der Waals surface area contributed by atoms with Crippen LogP contribution in [0.15, 0.2) is 0 Å². The summed E-state index contributed by atoms with van der Waals surface area (Å²) in [5.41, 5.74) is 0. The van der Waals surface area contributed by atoms with Gasteiger partial charge in [-0.1, -0.05) is 13.8 Å². The molecule has 2 atom stereocenters. The van der Waals surface area contributed by atoms with Gasteiger partial charge in [0.2, 0.25) is 0 Å². The maximum atomic E-state index is 12.9. The molecule has 0 aliphatic rings. The van der Waals surface area contributed by atoms with E-state index in [-0.39, 0.29) is 18.1 Å². The van der Waals surface area contributed by atoms with Crippen molar-refractivity contribution in [3.63, 3.8) is 0 Å². The minimum Gasteiger partial charge on any atom is -0.374 e. The summed E-state index contributed by atoms with van der Waals surface area (Å²) in [6.45, 7) is 18.7. The smallest absolute Gasteiger partial charge is 0.374 e. The van der Waals surface area contributed by atoms with Gasteiger partial charge in [0.1, 0.15) is 0 Å². The van der Waals surface area contributed by atoms with Crippen molar-refractivity contribution in [1.29, 1.82) is 0 Å². The summed E-state index contributed by atoms with van der Waals surface area (Å²) in [4.78, 5) is 12.9. The summed E-state index contributed by atoms with van der Waals surface area (Å²) in [6, 6.07) is 0.564. The van der Waals surface area contributed by atoms with E-state index in [0.717, 1.165) is 12.8 Å². The maximum Gasteiger partial charge on any atom is 0.503 e. The van der Waals surface area contributed by atoms with Crippen molar-refractivity contribution in [3.05, 3.63) is 0 Å². The van der Waals surface area contributed by atoms with E-state index < -0.39 is 17.6 Å². The molecule has 0 saturated carbocycles. The summed E-state index contributed by atoms with van der Waals surface area (Å²) < 4.78 is 35.7. The van der Waals surface area contributed by atoms with Gasteiger partial charge in [-0.3, -0.25) is 0 Å². The van der Waals surface area contributed by atoms with Crippen LogP contribution in [0.4, 0.5) is 4.79 Å². The molecule has 0 bridgehead atoms. The van der Waals surface area contributed by atoms with Crippen LogP contribution in [0.25, 0.3) is 0 Å². The number of nitrogens with one attached hydrogen (secondary N) is 2. The van der Waals surface area contributed by atoms with Gasteiger partial charge in [-0.2, -0.15) is 0 Å². The molecule has 0 heterocycles. The van der Waals surface area contributed by atoms with Gasteiger partial charge in [0, 0.05) is 63.8 Å². The number of rotatable bonds is 20. The lowest BCUT2D eigenvalue weighted by Crippen LogP contribution is -2.55. The predicted octanol–water partition coefficient (Wildman–Crippen LogP) is 3.94. The minimum absolute atomic E-state index is 0.128. The Balaban J connectivity index is 5.23. The molecule has 0 spiro atoms. The number of carbonyl (C=O) groups is 1. The van der Waals surface area contributed by atoms with E-state index in [9.17, 15) is 4.79 Å². The first-order valence-electron chi connectivity index (χ1n) is 12.2. The van der Waals surface area contributed by atoms with Gasteiger partial charge in [-0.25, -0.2) is 4.79 Å². The number of urea groups is 1. The molecule has 0 radical (unpaired) electrons. The summed E-state index contributed by atoms with van der Waals surface area (Å²) in [5.74, 6) is 0. The normalized spacial score (nSPS) is 14.2. The Kier molecular flexibility index (Phi) is 17.6. The minimum atomic E-state index is -2.86. The van der Waals surface area contributed by atoms with Crippen LogP contribution in [0.2, 0.25) is 12.1 Å². The fourth-order valence-electron chi connectivity index (χ4n) is 3.53. The number of amides is 2. The number of hydrogen-bond acceptors (Lipinski definition) is 7. The molecular weight excluding hydrogens is 448 g/mol. The molecule has 0 aromatic carbocycles. The van der Waals surface area contributed by atoms with E-state index in [1.807, 2.05) is 55.4 Å². The molecule has 11 heteroatoms. The molecule has 32 heavy (non-hydrogen) atoms. The zero-order valence-corrected chi connectivity index (χ0v) is 23.6. The van der Waals surface area contributed by atoms with E-state index in [2.05, 4.69) is 10.6 Å². The van der Waals surface area contributed by atoms with Gasteiger partial charge in [0.15, 0.2) is 0 Å².